The van der Waals surface area contributed by atoms with Crippen LogP contribution in [0.1, 0.15) is 40.3 Å². The predicted molar refractivity (Wildman–Crippen MR) is 92.4 cm³/mol. The molecule has 0 atom stereocenters. The summed E-state index contributed by atoms with van der Waals surface area (Å²) in [7, 11) is 1.84. The molecule has 2 aromatic rings. The number of aryl methyl sites for hydroxylation is 2. The maximum absolute atomic E-state index is 12.8. The summed E-state index contributed by atoms with van der Waals surface area (Å²) >= 11 is 1.33. The highest BCUT2D eigenvalue weighted by Gasteiger charge is 2.21. The van der Waals surface area contributed by atoms with Crippen LogP contribution in [0.4, 0.5) is 0 Å². The van der Waals surface area contributed by atoms with Gasteiger partial charge in [0.1, 0.15) is 10.7 Å². The molecule has 0 saturated carbocycles. The van der Waals surface area contributed by atoms with E-state index in [1.807, 2.05) is 14.0 Å². The molecule has 0 aliphatic carbocycles. The third-order valence-corrected chi connectivity index (χ3v) is 5.46. The average molecular weight is 334 g/mol. The summed E-state index contributed by atoms with van der Waals surface area (Å²) in [5, 5.41) is 6.47. The number of thiophene rings is 1. The maximum atomic E-state index is 12.8. The van der Waals surface area contributed by atoms with Crippen molar-refractivity contribution in [1.82, 2.24) is 20.2 Å². The van der Waals surface area contributed by atoms with Crippen LogP contribution in [0.15, 0.2) is 4.79 Å². The molecule has 1 aliphatic rings. The Labute approximate surface area is 138 Å². The molecular formula is C16H22N4O2S. The van der Waals surface area contributed by atoms with Gasteiger partial charge in [-0.15, -0.1) is 11.3 Å². The molecule has 2 aromatic heterocycles. The first-order valence-electron chi connectivity index (χ1n) is 8.09. The Bertz CT molecular complexity index is 793. The van der Waals surface area contributed by atoms with Crippen LogP contribution in [0, 0.1) is 6.92 Å². The Kier molecular flexibility index (Phi) is 4.77. The normalized spacial score (nSPS) is 14.5. The third-order valence-electron chi connectivity index (χ3n) is 4.28. The number of amides is 1. The summed E-state index contributed by atoms with van der Waals surface area (Å²) in [4.78, 5) is 31.1. The minimum Gasteiger partial charge on any atom is -0.350 e. The molecule has 6 nitrogen and oxygen atoms in total. The molecule has 124 valence electrons. The number of hydrogen-bond acceptors (Lipinski definition) is 5. The minimum absolute atomic E-state index is 0.00919. The van der Waals surface area contributed by atoms with Crippen molar-refractivity contribution in [3.63, 3.8) is 0 Å². The number of fused-ring (bicyclic) bond motifs is 2. The first kappa shape index (κ1) is 16.1. The summed E-state index contributed by atoms with van der Waals surface area (Å²) in [6.07, 6.45) is 4.06. The Morgan fingerprint density at radius 1 is 1.30 bits per heavy atom. The minimum atomic E-state index is -0.125. The molecule has 0 unspecified atom stereocenters. The van der Waals surface area contributed by atoms with Crippen LogP contribution in [0.3, 0.4) is 0 Å². The highest BCUT2D eigenvalue weighted by molar-refractivity contribution is 7.20. The zero-order chi connectivity index (χ0) is 16.4. The van der Waals surface area contributed by atoms with Gasteiger partial charge in [0.05, 0.1) is 10.3 Å². The molecule has 0 fully saturated rings. The second-order valence-corrected chi connectivity index (χ2v) is 6.89. The summed E-state index contributed by atoms with van der Waals surface area (Å²) < 4.78 is 1.80. The number of hydrogen-bond donors (Lipinski definition) is 2. The van der Waals surface area contributed by atoms with Gasteiger partial charge >= 0.3 is 0 Å². The van der Waals surface area contributed by atoms with E-state index in [0.717, 1.165) is 43.6 Å². The van der Waals surface area contributed by atoms with Gasteiger partial charge in [-0.25, -0.2) is 4.98 Å². The van der Waals surface area contributed by atoms with Crippen molar-refractivity contribution in [1.29, 1.82) is 0 Å². The number of carbonyl (C=O) groups is 1. The number of carbonyl (C=O) groups excluding carboxylic acids is 1. The molecule has 2 N–H and O–H groups in total. The molecule has 3 rings (SSSR count). The monoisotopic (exact) mass is 334 g/mol. The van der Waals surface area contributed by atoms with E-state index in [1.54, 1.807) is 4.57 Å². The van der Waals surface area contributed by atoms with Crippen molar-refractivity contribution in [2.75, 3.05) is 20.1 Å². The number of likely N-dealkylation sites (N-methyl/N-ethyl adjacent to an activating group) is 1. The average Bonchev–Trinajstić information content (AvgIpc) is 2.71. The molecular weight excluding hydrogens is 312 g/mol. The van der Waals surface area contributed by atoms with Gasteiger partial charge in [-0.2, -0.15) is 0 Å². The zero-order valence-corrected chi connectivity index (χ0v) is 14.4. The molecule has 0 spiro atoms. The van der Waals surface area contributed by atoms with Gasteiger partial charge in [0, 0.05) is 26.1 Å². The molecule has 0 bridgehead atoms. The van der Waals surface area contributed by atoms with Gasteiger partial charge in [0.15, 0.2) is 0 Å². The molecule has 3 heterocycles. The number of rotatable bonds is 4. The van der Waals surface area contributed by atoms with Crippen LogP contribution in [0.5, 0.6) is 0 Å². The lowest BCUT2D eigenvalue weighted by Gasteiger charge is -2.08. The van der Waals surface area contributed by atoms with E-state index in [1.165, 1.54) is 11.3 Å². The largest absolute Gasteiger partial charge is 0.350 e. The Morgan fingerprint density at radius 3 is 2.91 bits per heavy atom. The SMILES string of the molecule is CNCCNC(=O)c1sc2nc3n(c(=O)c2c1C)CCCCC3. The van der Waals surface area contributed by atoms with Crippen molar-refractivity contribution >= 4 is 27.5 Å². The Morgan fingerprint density at radius 2 is 2.13 bits per heavy atom. The van der Waals surface area contributed by atoms with Crippen LogP contribution in [0.25, 0.3) is 10.2 Å². The Hall–Kier alpha value is -1.73. The maximum Gasteiger partial charge on any atom is 0.262 e. The first-order chi connectivity index (χ1) is 11.1. The number of nitrogens with one attached hydrogen (secondary N) is 2. The van der Waals surface area contributed by atoms with E-state index >= 15 is 0 Å². The number of aromatic nitrogens is 2. The van der Waals surface area contributed by atoms with Gasteiger partial charge in [0.25, 0.3) is 11.5 Å². The van der Waals surface area contributed by atoms with E-state index in [9.17, 15) is 9.59 Å². The summed E-state index contributed by atoms with van der Waals surface area (Å²) in [6, 6.07) is 0. The summed E-state index contributed by atoms with van der Waals surface area (Å²) in [5.41, 5.74) is 0.763. The standard InChI is InChI=1S/C16H22N4O2S/c1-10-12-15(23-13(10)14(21)18-8-7-17-2)19-11-6-4-3-5-9-20(11)16(12)22/h17H,3-9H2,1-2H3,(H,18,21). The van der Waals surface area contributed by atoms with E-state index < -0.39 is 0 Å². The van der Waals surface area contributed by atoms with E-state index in [2.05, 4.69) is 15.6 Å². The van der Waals surface area contributed by atoms with Crippen LogP contribution >= 0.6 is 11.3 Å². The molecule has 0 saturated heterocycles. The van der Waals surface area contributed by atoms with Gasteiger partial charge in [-0.3, -0.25) is 14.2 Å². The quantitative estimate of drug-likeness (QED) is 0.830. The van der Waals surface area contributed by atoms with Crippen LogP contribution in [-0.2, 0) is 13.0 Å². The molecule has 1 aliphatic heterocycles. The topological polar surface area (TPSA) is 76.0 Å². The van der Waals surface area contributed by atoms with Crippen molar-refractivity contribution < 1.29 is 4.79 Å². The third kappa shape index (κ3) is 3.03. The van der Waals surface area contributed by atoms with Crippen LogP contribution < -0.4 is 16.2 Å². The predicted octanol–water partition coefficient (Wildman–Crippen LogP) is 1.44. The van der Waals surface area contributed by atoms with E-state index in [4.69, 9.17) is 0 Å². The fourth-order valence-electron chi connectivity index (χ4n) is 3.01. The van der Waals surface area contributed by atoms with Gasteiger partial charge in [-0.05, 0) is 32.4 Å². The van der Waals surface area contributed by atoms with Crippen molar-refractivity contribution in [2.45, 2.75) is 39.2 Å². The zero-order valence-electron chi connectivity index (χ0n) is 13.6. The summed E-state index contributed by atoms with van der Waals surface area (Å²) in [5.74, 6) is 0.740. The lowest BCUT2D eigenvalue weighted by molar-refractivity contribution is 0.0957. The van der Waals surface area contributed by atoms with Gasteiger partial charge in [0.2, 0.25) is 0 Å². The van der Waals surface area contributed by atoms with Gasteiger partial charge < -0.3 is 10.6 Å². The molecule has 0 aromatic carbocycles. The highest BCUT2D eigenvalue weighted by Crippen LogP contribution is 2.28. The highest BCUT2D eigenvalue weighted by atomic mass is 32.1. The second kappa shape index (κ2) is 6.80. The fraction of sp³-hybridized carbons (Fsp3) is 0.562. The summed E-state index contributed by atoms with van der Waals surface area (Å²) in [6.45, 7) is 3.85. The smallest absolute Gasteiger partial charge is 0.262 e. The molecule has 7 heteroatoms. The van der Waals surface area contributed by atoms with Crippen molar-refractivity contribution in [3.05, 3.63) is 26.6 Å². The lowest BCUT2D eigenvalue weighted by atomic mass is 10.2. The van der Waals surface area contributed by atoms with Crippen molar-refractivity contribution in [2.24, 2.45) is 0 Å². The molecule has 23 heavy (non-hydrogen) atoms. The van der Waals surface area contributed by atoms with Crippen LogP contribution in [-0.4, -0.2) is 35.6 Å². The molecule has 1 amide bonds. The number of nitrogens with zero attached hydrogens (tertiary/aromatic N) is 2. The van der Waals surface area contributed by atoms with E-state index in [0.29, 0.717) is 28.2 Å². The van der Waals surface area contributed by atoms with E-state index in [-0.39, 0.29) is 11.5 Å². The first-order valence-corrected chi connectivity index (χ1v) is 8.90. The fourth-order valence-corrected chi connectivity index (χ4v) is 4.11. The molecule has 0 radical (unpaired) electrons. The Balaban J connectivity index is 2.03. The second-order valence-electron chi connectivity index (χ2n) is 5.89. The van der Waals surface area contributed by atoms with Gasteiger partial charge in [-0.1, -0.05) is 6.42 Å². The van der Waals surface area contributed by atoms with Crippen LogP contribution in [0.2, 0.25) is 0 Å². The van der Waals surface area contributed by atoms with Crippen molar-refractivity contribution in [3.8, 4) is 0 Å². The lowest BCUT2D eigenvalue weighted by Crippen LogP contribution is -2.30.